The van der Waals surface area contributed by atoms with Gasteiger partial charge in [-0.2, -0.15) is 0 Å². The van der Waals surface area contributed by atoms with Crippen LogP contribution < -0.4 is 5.32 Å². The van der Waals surface area contributed by atoms with Gasteiger partial charge in [0.25, 0.3) is 0 Å². The molecule has 0 atom stereocenters. The van der Waals surface area contributed by atoms with Crippen molar-refractivity contribution in [3.05, 3.63) is 47.2 Å². The Hall–Kier alpha value is -1.25. The van der Waals surface area contributed by atoms with E-state index in [0.717, 1.165) is 28.7 Å². The summed E-state index contributed by atoms with van der Waals surface area (Å²) in [5, 5.41) is 4.32. The van der Waals surface area contributed by atoms with Crippen LogP contribution in [0.4, 0.5) is 0 Å². The lowest BCUT2D eigenvalue weighted by Crippen LogP contribution is -2.30. The molecule has 0 bridgehead atoms. The number of hydrogen-bond acceptors (Lipinski definition) is 2. The summed E-state index contributed by atoms with van der Waals surface area (Å²) in [4.78, 5) is 0. The van der Waals surface area contributed by atoms with Crippen molar-refractivity contribution in [2.45, 2.75) is 44.7 Å². The van der Waals surface area contributed by atoms with Crippen molar-refractivity contribution in [1.29, 1.82) is 0 Å². The van der Waals surface area contributed by atoms with Gasteiger partial charge in [0.2, 0.25) is 0 Å². The van der Waals surface area contributed by atoms with E-state index < -0.39 is 0 Å². The molecule has 3 heteroatoms. The minimum atomic E-state index is 0.651. The number of rotatable bonds is 4. The Bertz CT molecular complexity index is 558. The molecule has 1 fully saturated rings. The molecule has 0 saturated heterocycles. The molecule has 1 aromatic carbocycles. The van der Waals surface area contributed by atoms with E-state index >= 15 is 0 Å². The maximum Gasteiger partial charge on any atom is 0.135 e. The quantitative estimate of drug-likeness (QED) is 0.855. The highest BCUT2D eigenvalue weighted by Gasteiger charge is 2.13. The lowest BCUT2D eigenvalue weighted by atomic mass is 9.95. The lowest BCUT2D eigenvalue weighted by molar-refractivity contribution is 0.358. The zero-order chi connectivity index (χ0) is 13.8. The standard InChI is InChI=1S/C17H20ClNO/c18-16-9-5-4-8-15(16)17-11-10-14(20-17)12-19-13-6-2-1-3-7-13/h4-5,8-11,13,19H,1-3,6-7,12H2. The lowest BCUT2D eigenvalue weighted by Gasteiger charge is -2.22. The molecule has 0 unspecified atom stereocenters. The summed E-state index contributed by atoms with van der Waals surface area (Å²) in [6.45, 7) is 0.801. The van der Waals surface area contributed by atoms with Crippen LogP contribution in [-0.2, 0) is 6.54 Å². The number of hydrogen-bond donors (Lipinski definition) is 1. The van der Waals surface area contributed by atoms with Crippen LogP contribution in [0.3, 0.4) is 0 Å². The minimum absolute atomic E-state index is 0.651. The van der Waals surface area contributed by atoms with Crippen molar-refractivity contribution in [2.24, 2.45) is 0 Å². The highest BCUT2D eigenvalue weighted by Crippen LogP contribution is 2.29. The summed E-state index contributed by atoms with van der Waals surface area (Å²) in [5.74, 6) is 1.82. The largest absolute Gasteiger partial charge is 0.460 e. The van der Waals surface area contributed by atoms with Gasteiger partial charge in [-0.05, 0) is 37.1 Å². The fourth-order valence-electron chi connectivity index (χ4n) is 2.83. The van der Waals surface area contributed by atoms with Gasteiger partial charge in [0.15, 0.2) is 0 Å². The average molecular weight is 290 g/mol. The molecule has 20 heavy (non-hydrogen) atoms. The Morgan fingerprint density at radius 1 is 1.05 bits per heavy atom. The van der Waals surface area contributed by atoms with Crippen LogP contribution in [0.2, 0.25) is 5.02 Å². The van der Waals surface area contributed by atoms with Gasteiger partial charge in [0.05, 0.1) is 11.6 Å². The van der Waals surface area contributed by atoms with Crippen LogP contribution in [0.25, 0.3) is 11.3 Å². The third-order valence-electron chi connectivity index (χ3n) is 3.97. The SMILES string of the molecule is Clc1ccccc1-c1ccc(CNC2CCCCC2)o1. The van der Waals surface area contributed by atoms with Gasteiger partial charge in [0.1, 0.15) is 11.5 Å². The molecular weight excluding hydrogens is 270 g/mol. The van der Waals surface area contributed by atoms with Crippen molar-refractivity contribution < 1.29 is 4.42 Å². The molecule has 2 aromatic rings. The van der Waals surface area contributed by atoms with Crippen LogP contribution >= 0.6 is 11.6 Å². The first-order valence-corrected chi connectivity index (χ1v) is 7.78. The summed E-state index contributed by atoms with van der Waals surface area (Å²) in [6.07, 6.45) is 6.66. The molecular formula is C17H20ClNO. The van der Waals surface area contributed by atoms with Gasteiger partial charge in [-0.25, -0.2) is 0 Å². The minimum Gasteiger partial charge on any atom is -0.460 e. The molecule has 1 saturated carbocycles. The Morgan fingerprint density at radius 3 is 2.65 bits per heavy atom. The molecule has 3 rings (SSSR count). The van der Waals surface area contributed by atoms with E-state index in [9.17, 15) is 0 Å². The second kappa shape index (κ2) is 6.47. The number of furan rings is 1. The molecule has 2 nitrogen and oxygen atoms in total. The first kappa shape index (κ1) is 13.7. The first-order chi connectivity index (χ1) is 9.83. The van der Waals surface area contributed by atoms with E-state index in [2.05, 4.69) is 5.32 Å². The van der Waals surface area contributed by atoms with Crippen molar-refractivity contribution in [3.8, 4) is 11.3 Å². The summed E-state index contributed by atoms with van der Waals surface area (Å²) in [7, 11) is 0. The molecule has 0 radical (unpaired) electrons. The molecule has 106 valence electrons. The van der Waals surface area contributed by atoms with Gasteiger partial charge < -0.3 is 9.73 Å². The Morgan fingerprint density at radius 2 is 1.85 bits per heavy atom. The van der Waals surface area contributed by atoms with E-state index in [4.69, 9.17) is 16.0 Å². The average Bonchev–Trinajstić information content (AvgIpc) is 2.95. The normalized spacial score (nSPS) is 16.4. The van der Waals surface area contributed by atoms with Crippen molar-refractivity contribution in [1.82, 2.24) is 5.32 Å². The predicted molar refractivity (Wildman–Crippen MR) is 82.9 cm³/mol. The van der Waals surface area contributed by atoms with Crippen LogP contribution in [0, 0.1) is 0 Å². The van der Waals surface area contributed by atoms with Gasteiger partial charge in [-0.3, -0.25) is 0 Å². The van der Waals surface area contributed by atoms with Gasteiger partial charge in [-0.1, -0.05) is 43.0 Å². The van der Waals surface area contributed by atoms with Crippen LogP contribution in [-0.4, -0.2) is 6.04 Å². The van der Waals surface area contributed by atoms with Crippen molar-refractivity contribution in [2.75, 3.05) is 0 Å². The maximum absolute atomic E-state index is 6.19. The third kappa shape index (κ3) is 3.25. The number of halogens is 1. The monoisotopic (exact) mass is 289 g/mol. The molecule has 0 spiro atoms. The summed E-state index contributed by atoms with van der Waals surface area (Å²) in [6, 6.07) is 12.5. The summed E-state index contributed by atoms with van der Waals surface area (Å²) < 4.78 is 5.89. The highest BCUT2D eigenvalue weighted by molar-refractivity contribution is 6.33. The molecule has 0 aliphatic heterocycles. The molecule has 1 aromatic heterocycles. The first-order valence-electron chi connectivity index (χ1n) is 7.40. The Kier molecular flexibility index (Phi) is 4.44. The predicted octanol–water partition coefficient (Wildman–Crippen LogP) is 5.02. The molecule has 1 N–H and O–H groups in total. The van der Waals surface area contributed by atoms with Crippen LogP contribution in [0.5, 0.6) is 0 Å². The topological polar surface area (TPSA) is 25.2 Å². The zero-order valence-electron chi connectivity index (χ0n) is 11.6. The van der Waals surface area contributed by atoms with E-state index in [0.29, 0.717) is 6.04 Å². The number of nitrogens with one attached hydrogen (secondary N) is 1. The third-order valence-corrected chi connectivity index (χ3v) is 4.30. The Balaban J connectivity index is 1.63. The zero-order valence-corrected chi connectivity index (χ0v) is 12.3. The van der Waals surface area contributed by atoms with Gasteiger partial charge in [-0.15, -0.1) is 0 Å². The fourth-order valence-corrected chi connectivity index (χ4v) is 3.06. The molecule has 1 aliphatic rings. The summed E-state index contributed by atoms with van der Waals surface area (Å²) >= 11 is 6.19. The fraction of sp³-hybridized carbons (Fsp3) is 0.412. The van der Waals surface area contributed by atoms with Crippen LogP contribution in [0.1, 0.15) is 37.9 Å². The maximum atomic E-state index is 6.19. The number of benzene rings is 1. The van der Waals surface area contributed by atoms with E-state index in [1.807, 2.05) is 36.4 Å². The Labute approximate surface area is 125 Å². The van der Waals surface area contributed by atoms with Gasteiger partial charge in [0, 0.05) is 11.6 Å². The second-order valence-electron chi connectivity index (χ2n) is 5.46. The van der Waals surface area contributed by atoms with E-state index in [1.54, 1.807) is 0 Å². The summed E-state index contributed by atoms with van der Waals surface area (Å²) in [5.41, 5.74) is 0.957. The van der Waals surface area contributed by atoms with Gasteiger partial charge >= 0.3 is 0 Å². The van der Waals surface area contributed by atoms with E-state index in [1.165, 1.54) is 32.1 Å². The van der Waals surface area contributed by atoms with Crippen molar-refractivity contribution in [3.63, 3.8) is 0 Å². The second-order valence-corrected chi connectivity index (χ2v) is 5.87. The van der Waals surface area contributed by atoms with Crippen molar-refractivity contribution >= 4 is 11.6 Å². The molecule has 0 amide bonds. The molecule has 1 aliphatic carbocycles. The highest BCUT2D eigenvalue weighted by atomic mass is 35.5. The molecule has 1 heterocycles. The van der Waals surface area contributed by atoms with Crippen LogP contribution in [0.15, 0.2) is 40.8 Å². The van der Waals surface area contributed by atoms with E-state index in [-0.39, 0.29) is 0 Å². The smallest absolute Gasteiger partial charge is 0.135 e.